The van der Waals surface area contributed by atoms with E-state index in [4.69, 9.17) is 13.3 Å². The van der Waals surface area contributed by atoms with Crippen LogP contribution in [0.3, 0.4) is 0 Å². The summed E-state index contributed by atoms with van der Waals surface area (Å²) in [6, 6.07) is 0. The van der Waals surface area contributed by atoms with Gasteiger partial charge in [0.25, 0.3) is 0 Å². The van der Waals surface area contributed by atoms with E-state index in [-0.39, 0.29) is 0 Å². The Morgan fingerprint density at radius 1 is 0.875 bits per heavy atom. The number of nitrogens with zero attached hydrogens (tertiary/aromatic N) is 6. The molecule has 220 valence electrons. The van der Waals surface area contributed by atoms with E-state index >= 15 is 0 Å². The van der Waals surface area contributed by atoms with Gasteiger partial charge in [-0.25, -0.2) is 15.0 Å². The molecule has 0 bridgehead atoms. The average molecular weight is 553 g/mol. The zero-order valence-corrected chi connectivity index (χ0v) is 26.3. The summed E-state index contributed by atoms with van der Waals surface area (Å²) < 4.78 is 18.7. The monoisotopic (exact) mass is 552 g/mol. The van der Waals surface area contributed by atoms with Gasteiger partial charge < -0.3 is 18.2 Å². The van der Waals surface area contributed by atoms with Crippen molar-refractivity contribution in [1.82, 2.24) is 29.6 Å². The third kappa shape index (κ3) is 8.91. The Hall–Kier alpha value is -3.20. The summed E-state index contributed by atoms with van der Waals surface area (Å²) in [5.74, 6) is 7.18. The SMILES string of the molecule is CCc1oc(-c2cnn(C)c2)nc1C.Cc1nc(CC2CC2)oc1C(C)C.Cc1nc(CN(C)C)oc1C(C)C. The first-order chi connectivity index (χ1) is 18.9. The molecule has 4 heterocycles. The maximum atomic E-state index is 5.72. The van der Waals surface area contributed by atoms with Gasteiger partial charge in [0.15, 0.2) is 5.89 Å². The van der Waals surface area contributed by atoms with Crippen molar-refractivity contribution < 1.29 is 13.3 Å². The van der Waals surface area contributed by atoms with Crippen molar-refractivity contribution in [3.8, 4) is 11.5 Å². The molecular weight excluding hydrogens is 504 g/mol. The molecule has 0 N–H and O–H groups in total. The van der Waals surface area contributed by atoms with Gasteiger partial charge in [-0.2, -0.15) is 5.10 Å². The summed E-state index contributed by atoms with van der Waals surface area (Å²) in [5.41, 5.74) is 3.99. The molecule has 0 amide bonds. The van der Waals surface area contributed by atoms with Gasteiger partial charge in [-0.1, -0.05) is 34.6 Å². The second-order valence-corrected chi connectivity index (χ2v) is 11.6. The number of oxazole rings is 3. The number of rotatable bonds is 8. The molecule has 5 rings (SSSR count). The molecule has 0 atom stereocenters. The van der Waals surface area contributed by atoms with Crippen LogP contribution in [-0.4, -0.2) is 43.7 Å². The average Bonchev–Trinajstić information content (AvgIpc) is 3.16. The first-order valence-corrected chi connectivity index (χ1v) is 14.4. The van der Waals surface area contributed by atoms with Crippen molar-refractivity contribution in [3.05, 3.63) is 58.5 Å². The van der Waals surface area contributed by atoms with E-state index in [2.05, 4.69) is 59.6 Å². The molecule has 0 spiro atoms. The van der Waals surface area contributed by atoms with Crippen LogP contribution in [0.15, 0.2) is 25.6 Å². The molecular formula is C31H48N6O3. The molecule has 4 aromatic heterocycles. The smallest absolute Gasteiger partial charge is 0.229 e. The van der Waals surface area contributed by atoms with E-state index in [1.807, 2.05) is 48.1 Å². The van der Waals surface area contributed by atoms with Gasteiger partial charge in [-0.05, 0) is 53.6 Å². The van der Waals surface area contributed by atoms with Crippen molar-refractivity contribution in [2.45, 2.75) is 99.5 Å². The van der Waals surface area contributed by atoms with Crippen molar-refractivity contribution in [2.24, 2.45) is 13.0 Å². The zero-order valence-electron chi connectivity index (χ0n) is 26.3. The van der Waals surface area contributed by atoms with Gasteiger partial charge in [-0.3, -0.25) is 4.68 Å². The molecule has 0 aromatic carbocycles. The van der Waals surface area contributed by atoms with Gasteiger partial charge in [0.05, 0.1) is 35.4 Å². The van der Waals surface area contributed by atoms with Crippen LogP contribution in [0, 0.1) is 26.7 Å². The highest BCUT2D eigenvalue weighted by molar-refractivity contribution is 5.50. The van der Waals surface area contributed by atoms with E-state index in [0.29, 0.717) is 17.7 Å². The second kappa shape index (κ2) is 13.9. The molecule has 0 unspecified atom stereocenters. The highest BCUT2D eigenvalue weighted by Crippen LogP contribution is 2.33. The molecule has 1 aliphatic rings. The molecule has 0 radical (unpaired) electrons. The van der Waals surface area contributed by atoms with Crippen LogP contribution in [0.25, 0.3) is 11.5 Å². The minimum absolute atomic E-state index is 0.420. The Kier molecular flexibility index (Phi) is 10.9. The number of hydrogen-bond donors (Lipinski definition) is 0. The van der Waals surface area contributed by atoms with Crippen molar-refractivity contribution >= 4 is 0 Å². The Morgan fingerprint density at radius 2 is 1.45 bits per heavy atom. The minimum atomic E-state index is 0.420. The highest BCUT2D eigenvalue weighted by Gasteiger charge is 2.25. The molecule has 9 nitrogen and oxygen atoms in total. The van der Waals surface area contributed by atoms with Gasteiger partial charge >= 0.3 is 0 Å². The summed E-state index contributed by atoms with van der Waals surface area (Å²) >= 11 is 0. The van der Waals surface area contributed by atoms with Crippen LogP contribution in [0.4, 0.5) is 0 Å². The third-order valence-corrected chi connectivity index (χ3v) is 6.58. The van der Waals surface area contributed by atoms with Gasteiger partial charge in [0.2, 0.25) is 11.8 Å². The molecule has 4 aromatic rings. The lowest BCUT2D eigenvalue weighted by Gasteiger charge is -2.04. The minimum Gasteiger partial charge on any atom is -0.445 e. The maximum absolute atomic E-state index is 5.72. The first-order valence-electron chi connectivity index (χ1n) is 14.4. The van der Waals surface area contributed by atoms with E-state index in [1.165, 1.54) is 12.8 Å². The first kappa shape index (κ1) is 31.3. The van der Waals surface area contributed by atoms with Crippen LogP contribution in [-0.2, 0) is 26.4 Å². The normalized spacial score (nSPS) is 13.1. The van der Waals surface area contributed by atoms with Gasteiger partial charge in [0, 0.05) is 37.9 Å². The maximum Gasteiger partial charge on any atom is 0.229 e. The van der Waals surface area contributed by atoms with Crippen LogP contribution >= 0.6 is 0 Å². The Morgan fingerprint density at radius 3 is 1.88 bits per heavy atom. The largest absolute Gasteiger partial charge is 0.445 e. The highest BCUT2D eigenvalue weighted by atomic mass is 16.4. The molecule has 1 fully saturated rings. The van der Waals surface area contributed by atoms with Crippen molar-refractivity contribution in [1.29, 1.82) is 0 Å². The summed E-state index contributed by atoms with van der Waals surface area (Å²) in [6.45, 7) is 17.4. The van der Waals surface area contributed by atoms with E-state index < -0.39 is 0 Å². The van der Waals surface area contributed by atoms with E-state index in [9.17, 15) is 0 Å². The topological polar surface area (TPSA) is 99.1 Å². The third-order valence-electron chi connectivity index (χ3n) is 6.58. The lowest BCUT2D eigenvalue weighted by Crippen LogP contribution is -2.10. The summed E-state index contributed by atoms with van der Waals surface area (Å²) in [7, 11) is 5.89. The Balaban J connectivity index is 0.000000166. The Bertz CT molecular complexity index is 1280. The number of aryl methyl sites for hydroxylation is 5. The van der Waals surface area contributed by atoms with Crippen molar-refractivity contribution in [2.75, 3.05) is 14.1 Å². The molecule has 0 saturated heterocycles. The zero-order chi connectivity index (χ0) is 29.6. The quantitative estimate of drug-likeness (QED) is 0.227. The lowest BCUT2D eigenvalue weighted by molar-refractivity contribution is 0.329. The van der Waals surface area contributed by atoms with Gasteiger partial charge in [-0.15, -0.1) is 0 Å². The molecule has 40 heavy (non-hydrogen) atoms. The lowest BCUT2D eigenvalue weighted by atomic mass is 10.1. The predicted molar refractivity (Wildman–Crippen MR) is 157 cm³/mol. The number of aromatic nitrogens is 5. The van der Waals surface area contributed by atoms with E-state index in [0.717, 1.165) is 77.0 Å². The number of hydrogen-bond acceptors (Lipinski definition) is 8. The second-order valence-electron chi connectivity index (χ2n) is 11.6. The molecule has 0 aliphatic heterocycles. The van der Waals surface area contributed by atoms with Crippen molar-refractivity contribution in [3.63, 3.8) is 0 Å². The predicted octanol–water partition coefficient (Wildman–Crippen LogP) is 7.17. The fourth-order valence-electron chi connectivity index (χ4n) is 4.41. The molecule has 1 saturated carbocycles. The standard InChI is InChI=1S/C11H17NO.C10H13N3O.C10H18N2O/c1-7(2)11-8(3)12-10(13-11)6-9-4-5-9;1-4-9-7(2)12-10(14-9)8-5-11-13(3)6-8;1-7(2)10-8(3)11-9(13-10)6-12(4)5/h7,9H,4-6H2,1-3H3;5-6H,4H2,1-3H3;7H,6H2,1-5H3. The molecule has 1 aliphatic carbocycles. The van der Waals surface area contributed by atoms with Crippen LogP contribution in [0.1, 0.15) is 105 Å². The summed E-state index contributed by atoms with van der Waals surface area (Å²) in [5, 5.41) is 4.07. The fraction of sp³-hybridized carbons (Fsp3) is 0.613. The van der Waals surface area contributed by atoms with Crippen LogP contribution < -0.4 is 0 Å². The van der Waals surface area contributed by atoms with E-state index in [1.54, 1.807) is 10.9 Å². The summed E-state index contributed by atoms with van der Waals surface area (Å²) in [4.78, 5) is 15.2. The fourth-order valence-corrected chi connectivity index (χ4v) is 4.41. The Labute approximate surface area is 239 Å². The summed E-state index contributed by atoms with van der Waals surface area (Å²) in [6.07, 6.45) is 8.29. The van der Waals surface area contributed by atoms with Crippen LogP contribution in [0.2, 0.25) is 0 Å². The van der Waals surface area contributed by atoms with Crippen LogP contribution in [0.5, 0.6) is 0 Å². The molecule has 9 heteroatoms. The van der Waals surface area contributed by atoms with Gasteiger partial charge in [0.1, 0.15) is 17.3 Å².